The van der Waals surface area contributed by atoms with Crippen molar-refractivity contribution in [2.24, 2.45) is 35.0 Å². The fourth-order valence-corrected chi connectivity index (χ4v) is 7.03. The molecule has 4 saturated heterocycles. The SMILES string of the molecule is CC(C)C(=O)CN1CCC2(CC1)CCN(C(=O)C(C)C)CC2.CC(C)C(=O)N1CCC(CCC2CC[N-]CC2)CC1.[V]. The minimum Gasteiger partial charge on any atom is -0.662 e. The van der Waals surface area contributed by atoms with E-state index in [1.807, 2.05) is 46.4 Å². The minimum atomic E-state index is 0. The molecule has 1 radical (unpaired) electrons. The summed E-state index contributed by atoms with van der Waals surface area (Å²) in [4.78, 5) is 42.3. The van der Waals surface area contributed by atoms with E-state index in [-0.39, 0.29) is 36.3 Å². The molecule has 241 valence electrons. The second-order valence-corrected chi connectivity index (χ2v) is 14.5. The van der Waals surface area contributed by atoms with E-state index >= 15 is 0 Å². The van der Waals surface area contributed by atoms with Gasteiger partial charge in [0.05, 0.1) is 6.54 Å². The summed E-state index contributed by atoms with van der Waals surface area (Å²) in [6.07, 6.45) is 12.5. The number of ketones is 1. The normalized spacial score (nSPS) is 22.2. The van der Waals surface area contributed by atoms with E-state index in [0.717, 1.165) is 77.0 Å². The summed E-state index contributed by atoms with van der Waals surface area (Å²) in [5.74, 6) is 3.18. The number of carbonyl (C=O) groups excluding carboxylic acids is 3. The van der Waals surface area contributed by atoms with Gasteiger partial charge in [-0.2, -0.15) is 0 Å². The van der Waals surface area contributed by atoms with Crippen molar-refractivity contribution in [3.05, 3.63) is 5.32 Å². The molecule has 4 rings (SSSR count). The van der Waals surface area contributed by atoms with Crippen molar-refractivity contribution >= 4 is 17.6 Å². The predicted octanol–water partition coefficient (Wildman–Crippen LogP) is 6.01. The zero-order valence-corrected chi connectivity index (χ0v) is 29.2. The molecule has 0 aromatic heterocycles. The Kier molecular flexibility index (Phi) is 16.1. The van der Waals surface area contributed by atoms with Gasteiger partial charge in [0, 0.05) is 62.5 Å². The van der Waals surface area contributed by atoms with E-state index in [2.05, 4.69) is 15.1 Å². The van der Waals surface area contributed by atoms with Gasteiger partial charge in [-0.25, -0.2) is 0 Å². The fourth-order valence-electron chi connectivity index (χ4n) is 7.03. The summed E-state index contributed by atoms with van der Waals surface area (Å²) in [6.45, 7) is 20.6. The average molecular weight is 625 g/mol. The molecule has 0 atom stereocenters. The quantitative estimate of drug-likeness (QED) is 0.331. The summed E-state index contributed by atoms with van der Waals surface area (Å²) in [5, 5.41) is 4.42. The molecule has 4 heterocycles. The molecule has 2 amide bonds. The zero-order chi connectivity index (χ0) is 30.0. The van der Waals surface area contributed by atoms with Gasteiger partial charge >= 0.3 is 0 Å². The fraction of sp³-hybridized carbons (Fsp3) is 0.912. The van der Waals surface area contributed by atoms with E-state index in [4.69, 9.17) is 0 Å². The summed E-state index contributed by atoms with van der Waals surface area (Å²) in [7, 11) is 0. The number of hydrogen-bond acceptors (Lipinski definition) is 4. The molecular weight excluding hydrogens is 563 g/mol. The third-order valence-corrected chi connectivity index (χ3v) is 10.4. The van der Waals surface area contributed by atoms with E-state index in [1.165, 1.54) is 51.4 Å². The van der Waals surface area contributed by atoms with Gasteiger partial charge in [-0.15, -0.1) is 13.1 Å². The monoisotopic (exact) mass is 624 g/mol. The van der Waals surface area contributed by atoms with Gasteiger partial charge in [0.25, 0.3) is 0 Å². The molecular formula is C34H61N4O3V-. The number of amides is 2. The van der Waals surface area contributed by atoms with Crippen LogP contribution in [0.25, 0.3) is 5.32 Å². The van der Waals surface area contributed by atoms with Crippen LogP contribution < -0.4 is 0 Å². The number of rotatable bonds is 8. The second-order valence-electron chi connectivity index (χ2n) is 14.5. The van der Waals surface area contributed by atoms with Gasteiger partial charge in [-0.3, -0.25) is 19.3 Å². The average Bonchev–Trinajstić information content (AvgIpc) is 2.98. The van der Waals surface area contributed by atoms with Crippen LogP contribution in [0.1, 0.15) is 106 Å². The standard InChI is InChI=1S/C18H32N2O2.C16H29N2O.V/c1-14(2)16(21)13-19-9-5-18(6-10-19)7-11-20(12-8-18)17(22)15(3)4;1-13(2)16(19)18-11-7-15(8-12-18)4-3-14-5-9-17-10-6-14;/h14-15H,5-13H2,1-4H3;13-15H,3-12H2,1-2H3;/q;-1;. The van der Waals surface area contributed by atoms with Gasteiger partial charge in [-0.1, -0.05) is 67.2 Å². The molecule has 4 fully saturated rings. The number of carbonyl (C=O) groups is 3. The first-order chi connectivity index (χ1) is 19.5. The molecule has 7 nitrogen and oxygen atoms in total. The van der Waals surface area contributed by atoms with Crippen LogP contribution >= 0.6 is 0 Å². The van der Waals surface area contributed by atoms with Crippen LogP contribution in [0, 0.1) is 35.0 Å². The van der Waals surface area contributed by atoms with Crippen LogP contribution in [0.15, 0.2) is 0 Å². The molecule has 0 aromatic rings. The minimum absolute atomic E-state index is 0. The number of nitrogens with zero attached hydrogens (tertiary/aromatic N) is 4. The molecule has 8 heteroatoms. The number of Topliss-reactive ketones (excluding diaryl/α,β-unsaturated/α-hetero) is 1. The maximum Gasteiger partial charge on any atom is 0.225 e. The molecule has 0 unspecified atom stereocenters. The molecule has 4 aliphatic heterocycles. The Hall–Kier alpha value is -0.886. The Morgan fingerprint density at radius 2 is 1.07 bits per heavy atom. The summed E-state index contributed by atoms with van der Waals surface area (Å²) in [6, 6.07) is 0. The van der Waals surface area contributed by atoms with Gasteiger partial charge < -0.3 is 15.1 Å². The molecule has 4 aliphatic rings. The Morgan fingerprint density at radius 1 is 0.643 bits per heavy atom. The Balaban J connectivity index is 0.000000289. The predicted molar refractivity (Wildman–Crippen MR) is 168 cm³/mol. The van der Waals surface area contributed by atoms with Crippen molar-refractivity contribution in [3.8, 4) is 0 Å². The summed E-state index contributed by atoms with van der Waals surface area (Å²) >= 11 is 0. The smallest absolute Gasteiger partial charge is 0.225 e. The van der Waals surface area contributed by atoms with E-state index in [9.17, 15) is 14.4 Å². The van der Waals surface area contributed by atoms with Crippen LogP contribution in [0.5, 0.6) is 0 Å². The van der Waals surface area contributed by atoms with Crippen LogP contribution in [0.2, 0.25) is 0 Å². The van der Waals surface area contributed by atoms with Gasteiger partial charge in [0.1, 0.15) is 5.78 Å². The van der Waals surface area contributed by atoms with Crippen molar-refractivity contribution < 1.29 is 32.9 Å². The first kappa shape index (κ1) is 37.3. The van der Waals surface area contributed by atoms with Gasteiger partial charge in [-0.05, 0) is 68.9 Å². The van der Waals surface area contributed by atoms with Gasteiger partial charge in [0.15, 0.2) is 0 Å². The first-order valence-corrected chi connectivity index (χ1v) is 17.0. The molecule has 42 heavy (non-hydrogen) atoms. The Bertz CT molecular complexity index is 817. The van der Waals surface area contributed by atoms with Crippen molar-refractivity contribution in [2.75, 3.05) is 58.9 Å². The third kappa shape index (κ3) is 11.6. The van der Waals surface area contributed by atoms with Crippen LogP contribution in [-0.2, 0) is 32.9 Å². The van der Waals surface area contributed by atoms with Crippen molar-refractivity contribution in [1.29, 1.82) is 0 Å². The zero-order valence-electron chi connectivity index (χ0n) is 27.8. The van der Waals surface area contributed by atoms with Crippen LogP contribution in [-0.4, -0.2) is 91.2 Å². The second kappa shape index (κ2) is 18.2. The molecule has 0 aliphatic carbocycles. The first-order valence-electron chi connectivity index (χ1n) is 17.0. The van der Waals surface area contributed by atoms with Crippen molar-refractivity contribution in [3.63, 3.8) is 0 Å². The van der Waals surface area contributed by atoms with Crippen LogP contribution in [0.4, 0.5) is 0 Å². The van der Waals surface area contributed by atoms with Crippen molar-refractivity contribution in [2.45, 2.75) is 106 Å². The van der Waals surface area contributed by atoms with Gasteiger partial charge in [0.2, 0.25) is 11.8 Å². The van der Waals surface area contributed by atoms with E-state index in [0.29, 0.717) is 29.6 Å². The molecule has 0 aromatic carbocycles. The Morgan fingerprint density at radius 3 is 1.52 bits per heavy atom. The summed E-state index contributed by atoms with van der Waals surface area (Å²) < 4.78 is 0. The molecule has 0 N–H and O–H groups in total. The topological polar surface area (TPSA) is 75.0 Å². The number of piperidine rings is 4. The number of hydrogen-bond donors (Lipinski definition) is 0. The van der Waals surface area contributed by atoms with E-state index < -0.39 is 0 Å². The maximum atomic E-state index is 12.1. The third-order valence-electron chi connectivity index (χ3n) is 10.4. The number of likely N-dealkylation sites (tertiary alicyclic amines) is 3. The van der Waals surface area contributed by atoms with Crippen LogP contribution in [0.3, 0.4) is 0 Å². The Labute approximate surface area is 269 Å². The molecule has 0 bridgehead atoms. The van der Waals surface area contributed by atoms with E-state index in [1.54, 1.807) is 0 Å². The largest absolute Gasteiger partial charge is 0.662 e. The van der Waals surface area contributed by atoms with Crippen molar-refractivity contribution in [1.82, 2.24) is 14.7 Å². The molecule has 1 spiro atoms. The maximum absolute atomic E-state index is 12.1. The molecule has 0 saturated carbocycles. The summed E-state index contributed by atoms with van der Waals surface area (Å²) in [5.41, 5.74) is 0.422.